The number of nitrogens with one attached hydrogen (secondary N) is 1. The Hall–Kier alpha value is -3.02. The zero-order valence-electron chi connectivity index (χ0n) is 15.4. The lowest BCUT2D eigenvalue weighted by molar-refractivity contribution is -0.124. The first kappa shape index (κ1) is 19.3. The average Bonchev–Trinajstić information content (AvgIpc) is 2.65. The Morgan fingerprint density at radius 3 is 2.19 bits per heavy atom. The second-order valence-corrected chi connectivity index (χ2v) is 5.82. The fraction of sp³-hybridized carbons (Fsp3) is 0.300. The van der Waals surface area contributed by atoms with Gasteiger partial charge in [0.15, 0.2) is 6.61 Å². The van der Waals surface area contributed by atoms with E-state index in [4.69, 9.17) is 14.2 Å². The van der Waals surface area contributed by atoms with Crippen LogP contribution in [-0.4, -0.2) is 32.7 Å². The summed E-state index contributed by atoms with van der Waals surface area (Å²) < 4.78 is 15.3. The van der Waals surface area contributed by atoms with Crippen molar-refractivity contribution >= 4 is 11.9 Å². The van der Waals surface area contributed by atoms with Gasteiger partial charge in [0.25, 0.3) is 5.91 Å². The van der Waals surface area contributed by atoms with Crippen molar-refractivity contribution in [3.63, 3.8) is 0 Å². The number of rotatable bonds is 7. The molecule has 0 aromatic heterocycles. The Balaban J connectivity index is 1.88. The van der Waals surface area contributed by atoms with Crippen molar-refractivity contribution in [1.29, 1.82) is 0 Å². The Morgan fingerprint density at radius 2 is 1.62 bits per heavy atom. The first-order chi connectivity index (χ1) is 12.4. The van der Waals surface area contributed by atoms with Crippen LogP contribution < -0.4 is 14.8 Å². The van der Waals surface area contributed by atoms with Crippen LogP contribution in [0.15, 0.2) is 42.5 Å². The van der Waals surface area contributed by atoms with Gasteiger partial charge in [0, 0.05) is 0 Å². The molecule has 0 aliphatic carbocycles. The molecule has 2 aromatic carbocycles. The summed E-state index contributed by atoms with van der Waals surface area (Å²) in [5.74, 6) is 0.492. The topological polar surface area (TPSA) is 73.9 Å². The van der Waals surface area contributed by atoms with Gasteiger partial charge in [0.1, 0.15) is 11.5 Å². The number of aryl methyl sites for hydroxylation is 1. The lowest BCUT2D eigenvalue weighted by atomic mass is 10.1. The molecule has 6 nitrogen and oxygen atoms in total. The molecule has 1 atom stereocenters. The number of carbonyl (C=O) groups is 2. The molecule has 0 saturated heterocycles. The van der Waals surface area contributed by atoms with Crippen LogP contribution in [0, 0.1) is 6.92 Å². The summed E-state index contributed by atoms with van der Waals surface area (Å²) in [4.78, 5) is 24.2. The van der Waals surface area contributed by atoms with Crippen LogP contribution >= 0.6 is 0 Å². The smallest absolute Gasteiger partial charge is 0.338 e. The summed E-state index contributed by atoms with van der Waals surface area (Å²) in [7, 11) is 3.15. The number of hydrogen-bond acceptors (Lipinski definition) is 5. The third-order valence-corrected chi connectivity index (χ3v) is 3.98. The summed E-state index contributed by atoms with van der Waals surface area (Å²) in [5.41, 5.74) is 2.06. The largest absolute Gasteiger partial charge is 0.497 e. The van der Waals surface area contributed by atoms with Gasteiger partial charge in [-0.3, -0.25) is 4.79 Å². The van der Waals surface area contributed by atoms with E-state index in [2.05, 4.69) is 5.32 Å². The van der Waals surface area contributed by atoms with Crippen LogP contribution in [0.4, 0.5) is 0 Å². The highest BCUT2D eigenvalue weighted by Crippen LogP contribution is 2.18. The molecule has 0 aliphatic rings. The van der Waals surface area contributed by atoms with E-state index in [1.165, 1.54) is 0 Å². The van der Waals surface area contributed by atoms with Crippen molar-refractivity contribution in [3.05, 3.63) is 59.2 Å². The maximum absolute atomic E-state index is 12.1. The minimum Gasteiger partial charge on any atom is -0.497 e. The van der Waals surface area contributed by atoms with E-state index in [1.54, 1.807) is 39.3 Å². The molecule has 0 radical (unpaired) electrons. The molecule has 2 aromatic rings. The van der Waals surface area contributed by atoms with E-state index in [-0.39, 0.29) is 18.6 Å². The van der Waals surface area contributed by atoms with Crippen LogP contribution in [0.5, 0.6) is 11.5 Å². The first-order valence-electron chi connectivity index (χ1n) is 8.19. The van der Waals surface area contributed by atoms with Crippen molar-refractivity contribution in [3.8, 4) is 11.5 Å². The van der Waals surface area contributed by atoms with E-state index < -0.39 is 5.97 Å². The summed E-state index contributed by atoms with van der Waals surface area (Å²) in [6, 6.07) is 12.2. The highest BCUT2D eigenvalue weighted by Gasteiger charge is 2.15. The van der Waals surface area contributed by atoms with Gasteiger partial charge in [-0.05, 0) is 55.3 Å². The number of hydrogen-bond donors (Lipinski definition) is 1. The second kappa shape index (κ2) is 8.89. The molecule has 0 fully saturated rings. The van der Waals surface area contributed by atoms with Gasteiger partial charge in [-0.15, -0.1) is 0 Å². The van der Waals surface area contributed by atoms with Crippen molar-refractivity contribution in [2.24, 2.45) is 0 Å². The number of ether oxygens (including phenoxy) is 3. The van der Waals surface area contributed by atoms with Gasteiger partial charge < -0.3 is 19.5 Å². The van der Waals surface area contributed by atoms with Gasteiger partial charge in [-0.1, -0.05) is 12.1 Å². The Morgan fingerprint density at radius 1 is 1.00 bits per heavy atom. The van der Waals surface area contributed by atoms with Gasteiger partial charge in [-0.2, -0.15) is 0 Å². The molecule has 2 rings (SSSR count). The highest BCUT2D eigenvalue weighted by atomic mass is 16.5. The van der Waals surface area contributed by atoms with Crippen molar-refractivity contribution in [2.75, 3.05) is 20.8 Å². The minimum absolute atomic E-state index is 0.213. The van der Waals surface area contributed by atoms with E-state index >= 15 is 0 Å². The zero-order chi connectivity index (χ0) is 19.1. The third-order valence-electron chi connectivity index (χ3n) is 3.98. The molecule has 0 saturated carbocycles. The molecule has 1 N–H and O–H groups in total. The van der Waals surface area contributed by atoms with Crippen LogP contribution in [0.3, 0.4) is 0 Å². The van der Waals surface area contributed by atoms with Crippen molar-refractivity contribution in [2.45, 2.75) is 19.9 Å². The average molecular weight is 357 g/mol. The number of benzene rings is 2. The lowest BCUT2D eigenvalue weighted by Crippen LogP contribution is -2.31. The molecule has 1 amide bonds. The van der Waals surface area contributed by atoms with Crippen LogP contribution in [0.1, 0.15) is 34.5 Å². The van der Waals surface area contributed by atoms with E-state index in [9.17, 15) is 9.59 Å². The maximum Gasteiger partial charge on any atom is 0.338 e. The molecular weight excluding hydrogens is 334 g/mol. The SMILES string of the molecule is COc1ccc([C@@H](C)NC(=O)COC(=O)c2ccc(OC)cc2C)cc1. The molecule has 0 unspecified atom stereocenters. The lowest BCUT2D eigenvalue weighted by Gasteiger charge is -2.15. The summed E-state index contributed by atoms with van der Waals surface area (Å²) >= 11 is 0. The fourth-order valence-corrected chi connectivity index (χ4v) is 2.46. The highest BCUT2D eigenvalue weighted by molar-refractivity contribution is 5.92. The van der Waals surface area contributed by atoms with E-state index in [0.717, 1.165) is 16.9 Å². The second-order valence-electron chi connectivity index (χ2n) is 5.82. The quantitative estimate of drug-likeness (QED) is 0.771. The monoisotopic (exact) mass is 357 g/mol. The van der Waals surface area contributed by atoms with Gasteiger partial charge in [0.2, 0.25) is 0 Å². The predicted octanol–water partition coefficient (Wildman–Crippen LogP) is 3.05. The fourth-order valence-electron chi connectivity index (χ4n) is 2.46. The number of amides is 1. The first-order valence-corrected chi connectivity index (χ1v) is 8.19. The molecular formula is C20H23NO5. The van der Waals surface area contributed by atoms with Crippen LogP contribution in [0.25, 0.3) is 0 Å². The van der Waals surface area contributed by atoms with Gasteiger partial charge >= 0.3 is 5.97 Å². The number of carbonyl (C=O) groups excluding carboxylic acids is 2. The summed E-state index contributed by atoms with van der Waals surface area (Å²) in [6.07, 6.45) is 0. The van der Waals surface area contributed by atoms with Gasteiger partial charge in [-0.25, -0.2) is 4.79 Å². The Bertz CT molecular complexity index is 770. The summed E-state index contributed by atoms with van der Waals surface area (Å²) in [6.45, 7) is 3.30. The predicted molar refractivity (Wildman–Crippen MR) is 97.6 cm³/mol. The van der Waals surface area contributed by atoms with Crippen molar-refractivity contribution < 1.29 is 23.8 Å². The van der Waals surface area contributed by atoms with E-state index in [0.29, 0.717) is 11.3 Å². The third kappa shape index (κ3) is 4.99. The minimum atomic E-state index is -0.544. The standard InChI is InChI=1S/C20H23NO5/c1-13-11-17(25-4)9-10-18(13)20(23)26-12-19(22)21-14(2)15-5-7-16(24-3)8-6-15/h5-11,14H,12H2,1-4H3,(H,21,22)/t14-/m1/s1. The summed E-state index contributed by atoms with van der Waals surface area (Å²) in [5, 5.41) is 2.80. The number of methoxy groups -OCH3 is 2. The van der Waals surface area contributed by atoms with Crippen LogP contribution in [-0.2, 0) is 9.53 Å². The van der Waals surface area contributed by atoms with Crippen molar-refractivity contribution in [1.82, 2.24) is 5.32 Å². The molecule has 6 heteroatoms. The normalized spacial score (nSPS) is 11.4. The molecule has 26 heavy (non-hydrogen) atoms. The number of esters is 1. The molecule has 0 spiro atoms. The van der Waals surface area contributed by atoms with Crippen LogP contribution in [0.2, 0.25) is 0 Å². The van der Waals surface area contributed by atoms with E-state index in [1.807, 2.05) is 31.2 Å². The molecule has 138 valence electrons. The Kier molecular flexibility index (Phi) is 6.60. The molecule has 0 heterocycles. The maximum atomic E-state index is 12.1. The Labute approximate surface area is 153 Å². The zero-order valence-corrected chi connectivity index (χ0v) is 15.4. The molecule has 0 bridgehead atoms. The molecule has 0 aliphatic heterocycles. The van der Waals surface area contributed by atoms with Gasteiger partial charge in [0.05, 0.1) is 25.8 Å².